The first-order valence-electron chi connectivity index (χ1n) is 8.84. The first-order valence-corrected chi connectivity index (χ1v) is 9.78. The number of benzene rings is 1. The van der Waals surface area contributed by atoms with Gasteiger partial charge in [-0.3, -0.25) is 9.78 Å². The third-order valence-corrected chi connectivity index (χ3v) is 5.18. The fourth-order valence-electron chi connectivity index (χ4n) is 3.09. The summed E-state index contributed by atoms with van der Waals surface area (Å²) in [5.41, 5.74) is 4.48. The normalized spacial score (nSPS) is 14.2. The van der Waals surface area contributed by atoms with Gasteiger partial charge in [-0.1, -0.05) is 6.07 Å². The van der Waals surface area contributed by atoms with E-state index in [9.17, 15) is 4.79 Å². The maximum atomic E-state index is 12.9. The molecule has 0 radical (unpaired) electrons. The molecule has 0 aliphatic carbocycles. The molecule has 4 rings (SSSR count). The zero-order chi connectivity index (χ0) is 18.5. The number of hydrogen-bond donors (Lipinski definition) is 0. The number of carbonyl (C=O) groups excluding carboxylic acids is 1. The van der Waals surface area contributed by atoms with Crippen molar-refractivity contribution in [3.63, 3.8) is 0 Å². The van der Waals surface area contributed by atoms with E-state index in [2.05, 4.69) is 14.9 Å². The lowest BCUT2D eigenvalue weighted by Crippen LogP contribution is -2.48. The number of anilines is 1. The molecule has 138 valence electrons. The first-order chi connectivity index (χ1) is 13.3. The molecule has 0 N–H and O–H groups in total. The maximum Gasteiger partial charge on any atom is 0.254 e. The Morgan fingerprint density at radius 1 is 1.11 bits per heavy atom. The van der Waals surface area contributed by atoms with Crippen LogP contribution in [0, 0.1) is 0 Å². The van der Waals surface area contributed by atoms with E-state index in [0.717, 1.165) is 24.5 Å². The van der Waals surface area contributed by atoms with Crippen LogP contribution in [-0.2, 0) is 6.61 Å². The second kappa shape index (κ2) is 8.18. The summed E-state index contributed by atoms with van der Waals surface area (Å²) in [6, 6.07) is 11.4. The van der Waals surface area contributed by atoms with Gasteiger partial charge in [0, 0.05) is 55.2 Å². The Morgan fingerprint density at radius 3 is 2.67 bits per heavy atom. The minimum atomic E-state index is 0.0449. The van der Waals surface area contributed by atoms with E-state index < -0.39 is 0 Å². The molecule has 1 amide bonds. The molecular formula is C20H20N4O2S. The predicted molar refractivity (Wildman–Crippen MR) is 105 cm³/mol. The molecule has 0 unspecified atom stereocenters. The number of rotatable bonds is 5. The molecule has 1 aliphatic rings. The summed E-state index contributed by atoms with van der Waals surface area (Å²) >= 11 is 1.54. The van der Waals surface area contributed by atoms with E-state index in [0.29, 0.717) is 31.0 Å². The Morgan fingerprint density at radius 2 is 1.93 bits per heavy atom. The van der Waals surface area contributed by atoms with Crippen molar-refractivity contribution in [1.82, 2.24) is 14.9 Å². The fraction of sp³-hybridized carbons (Fsp3) is 0.250. The van der Waals surface area contributed by atoms with Crippen LogP contribution in [-0.4, -0.2) is 47.0 Å². The number of hydrogen-bond acceptors (Lipinski definition) is 6. The average molecular weight is 380 g/mol. The SMILES string of the molecule is O=C(c1cccc(OCc2cscn2)c1)N1CCN(c2ccncc2)CC1. The van der Waals surface area contributed by atoms with Crippen LogP contribution in [0.3, 0.4) is 0 Å². The van der Waals surface area contributed by atoms with Crippen LogP contribution in [0.2, 0.25) is 0 Å². The van der Waals surface area contributed by atoms with Crippen molar-refractivity contribution in [2.45, 2.75) is 6.61 Å². The quantitative estimate of drug-likeness (QED) is 0.681. The molecule has 2 aromatic heterocycles. The molecule has 0 saturated carbocycles. The molecule has 7 heteroatoms. The lowest BCUT2D eigenvalue weighted by Gasteiger charge is -2.36. The van der Waals surface area contributed by atoms with E-state index in [4.69, 9.17) is 4.74 Å². The monoisotopic (exact) mass is 380 g/mol. The second-order valence-electron chi connectivity index (χ2n) is 6.28. The maximum absolute atomic E-state index is 12.9. The summed E-state index contributed by atoms with van der Waals surface area (Å²) in [6.07, 6.45) is 3.59. The zero-order valence-corrected chi connectivity index (χ0v) is 15.6. The van der Waals surface area contributed by atoms with Gasteiger partial charge in [0.1, 0.15) is 12.4 Å². The van der Waals surface area contributed by atoms with Gasteiger partial charge in [0.25, 0.3) is 5.91 Å². The van der Waals surface area contributed by atoms with Crippen molar-refractivity contribution >= 4 is 22.9 Å². The van der Waals surface area contributed by atoms with Gasteiger partial charge in [0.05, 0.1) is 11.2 Å². The van der Waals surface area contributed by atoms with Gasteiger partial charge in [-0.25, -0.2) is 4.98 Å². The molecule has 27 heavy (non-hydrogen) atoms. The number of aromatic nitrogens is 2. The summed E-state index contributed by atoms with van der Waals surface area (Å²) in [5.74, 6) is 0.729. The highest BCUT2D eigenvalue weighted by Crippen LogP contribution is 2.19. The Balaban J connectivity index is 1.36. The van der Waals surface area contributed by atoms with Crippen molar-refractivity contribution in [2.75, 3.05) is 31.1 Å². The molecule has 1 fully saturated rings. The van der Waals surface area contributed by atoms with Gasteiger partial charge >= 0.3 is 0 Å². The molecule has 3 aromatic rings. The van der Waals surface area contributed by atoms with Crippen LogP contribution in [0.15, 0.2) is 59.7 Å². The molecule has 3 heterocycles. The summed E-state index contributed by atoms with van der Waals surface area (Å²) in [5, 5.41) is 1.96. The second-order valence-corrected chi connectivity index (χ2v) is 7.00. The Labute approximate surface area is 162 Å². The number of piperazine rings is 1. The van der Waals surface area contributed by atoms with E-state index in [-0.39, 0.29) is 5.91 Å². The third kappa shape index (κ3) is 4.25. The molecule has 0 spiro atoms. The molecule has 0 bridgehead atoms. The molecule has 1 saturated heterocycles. The molecule has 0 atom stereocenters. The Kier molecular flexibility index (Phi) is 5.29. The van der Waals surface area contributed by atoms with E-state index in [1.807, 2.05) is 46.7 Å². The lowest BCUT2D eigenvalue weighted by molar-refractivity contribution is 0.0746. The van der Waals surface area contributed by atoms with Crippen molar-refractivity contribution in [3.8, 4) is 5.75 Å². The molecule has 6 nitrogen and oxygen atoms in total. The summed E-state index contributed by atoms with van der Waals surface area (Å²) in [6.45, 7) is 3.44. The van der Waals surface area contributed by atoms with E-state index >= 15 is 0 Å². The van der Waals surface area contributed by atoms with E-state index in [1.54, 1.807) is 29.2 Å². The van der Waals surface area contributed by atoms with Crippen LogP contribution in [0.5, 0.6) is 5.75 Å². The van der Waals surface area contributed by atoms with Crippen molar-refractivity contribution < 1.29 is 9.53 Å². The highest BCUT2D eigenvalue weighted by atomic mass is 32.1. The summed E-state index contributed by atoms with van der Waals surface area (Å²) in [4.78, 5) is 25.3. The summed E-state index contributed by atoms with van der Waals surface area (Å²) in [7, 11) is 0. The third-order valence-electron chi connectivity index (χ3n) is 4.55. The smallest absolute Gasteiger partial charge is 0.254 e. The van der Waals surface area contributed by atoms with Crippen LogP contribution in [0.25, 0.3) is 0 Å². The number of pyridine rings is 1. The zero-order valence-electron chi connectivity index (χ0n) is 14.8. The van der Waals surface area contributed by atoms with Crippen LogP contribution in [0.4, 0.5) is 5.69 Å². The lowest BCUT2D eigenvalue weighted by atomic mass is 10.1. The van der Waals surface area contributed by atoms with Gasteiger partial charge in [0.2, 0.25) is 0 Å². The minimum Gasteiger partial charge on any atom is -0.487 e. The predicted octanol–water partition coefficient (Wildman–Crippen LogP) is 3.08. The van der Waals surface area contributed by atoms with Crippen molar-refractivity contribution in [3.05, 3.63) is 70.9 Å². The number of ether oxygens (including phenoxy) is 1. The molecular weight excluding hydrogens is 360 g/mol. The number of thiazole rings is 1. The van der Waals surface area contributed by atoms with Gasteiger partial charge in [-0.2, -0.15) is 0 Å². The molecule has 1 aromatic carbocycles. The van der Waals surface area contributed by atoms with Gasteiger partial charge < -0.3 is 14.5 Å². The number of nitrogens with zero attached hydrogens (tertiary/aromatic N) is 4. The first kappa shape index (κ1) is 17.5. The largest absolute Gasteiger partial charge is 0.487 e. The Bertz CT molecular complexity index is 878. The standard InChI is InChI=1S/C20H20N4O2S/c25-20(24-10-8-23(9-11-24)18-4-6-21-7-5-18)16-2-1-3-19(12-16)26-13-17-14-27-15-22-17/h1-7,12,14-15H,8-11,13H2. The minimum absolute atomic E-state index is 0.0449. The number of carbonyl (C=O) groups is 1. The average Bonchev–Trinajstić information content (AvgIpc) is 3.26. The van der Waals surface area contributed by atoms with Gasteiger partial charge in [-0.05, 0) is 30.3 Å². The van der Waals surface area contributed by atoms with Crippen LogP contribution in [0.1, 0.15) is 16.1 Å². The molecule has 1 aliphatic heterocycles. The van der Waals surface area contributed by atoms with Gasteiger partial charge in [-0.15, -0.1) is 11.3 Å². The van der Waals surface area contributed by atoms with Crippen LogP contribution < -0.4 is 9.64 Å². The summed E-state index contributed by atoms with van der Waals surface area (Å²) < 4.78 is 5.76. The highest BCUT2D eigenvalue weighted by Gasteiger charge is 2.22. The van der Waals surface area contributed by atoms with Gasteiger partial charge in [0.15, 0.2) is 0 Å². The van der Waals surface area contributed by atoms with Crippen molar-refractivity contribution in [2.24, 2.45) is 0 Å². The van der Waals surface area contributed by atoms with E-state index in [1.165, 1.54) is 0 Å². The van der Waals surface area contributed by atoms with Crippen molar-refractivity contribution in [1.29, 1.82) is 0 Å². The highest BCUT2D eigenvalue weighted by molar-refractivity contribution is 7.07. The number of amides is 1. The topological polar surface area (TPSA) is 58.6 Å². The fourth-order valence-corrected chi connectivity index (χ4v) is 3.63. The Hall–Kier alpha value is -2.93. The van der Waals surface area contributed by atoms with Crippen LogP contribution >= 0.6 is 11.3 Å².